The third-order valence-corrected chi connectivity index (χ3v) is 2.81. The Kier molecular flexibility index (Phi) is 4.25. The number of H-pyrrole nitrogens is 1. The molecule has 1 aromatic carbocycles. The van der Waals surface area contributed by atoms with Gasteiger partial charge < -0.3 is 11.1 Å². The molecular formula is C13H17N5O. The summed E-state index contributed by atoms with van der Waals surface area (Å²) in [5.41, 5.74) is 7.19. The first-order valence-electron chi connectivity index (χ1n) is 6.16. The topological polar surface area (TPSA) is 96.7 Å². The minimum Gasteiger partial charge on any atom is -0.342 e. The second-order valence-corrected chi connectivity index (χ2v) is 4.30. The summed E-state index contributed by atoms with van der Waals surface area (Å²) in [6.07, 6.45) is 2.18. The van der Waals surface area contributed by atoms with Crippen LogP contribution in [0, 0.1) is 0 Å². The van der Waals surface area contributed by atoms with Crippen LogP contribution in [0.15, 0.2) is 30.6 Å². The van der Waals surface area contributed by atoms with Crippen molar-refractivity contribution in [2.75, 3.05) is 6.54 Å². The van der Waals surface area contributed by atoms with E-state index in [9.17, 15) is 4.79 Å². The normalized spacial score (nSPS) is 12.1. The molecule has 0 bridgehead atoms. The highest BCUT2D eigenvalue weighted by atomic mass is 16.1. The van der Waals surface area contributed by atoms with Crippen LogP contribution in [-0.2, 0) is 6.42 Å². The monoisotopic (exact) mass is 259 g/mol. The van der Waals surface area contributed by atoms with Crippen molar-refractivity contribution in [3.63, 3.8) is 0 Å². The fraction of sp³-hybridized carbons (Fsp3) is 0.308. The summed E-state index contributed by atoms with van der Waals surface area (Å²) in [5, 5.41) is 9.36. The van der Waals surface area contributed by atoms with Crippen molar-refractivity contribution in [2.24, 2.45) is 5.73 Å². The Labute approximate surface area is 111 Å². The van der Waals surface area contributed by atoms with E-state index in [1.807, 2.05) is 25.1 Å². The molecule has 6 heteroatoms. The Bertz CT molecular complexity index is 538. The number of hydrogen-bond donors (Lipinski definition) is 3. The standard InChI is InChI=1S/C13H17N5O/c1-9(12-15-8-16-18-12)17-13(19)11-4-2-3-10(7-11)5-6-14/h2-4,7-9H,5-6,14H2,1H3,(H,17,19)(H,15,16,18). The minimum absolute atomic E-state index is 0.136. The van der Waals surface area contributed by atoms with Gasteiger partial charge in [-0.15, -0.1) is 0 Å². The van der Waals surface area contributed by atoms with E-state index in [1.54, 1.807) is 6.07 Å². The SMILES string of the molecule is CC(NC(=O)c1cccc(CCN)c1)c1ncn[nH]1. The van der Waals surface area contributed by atoms with E-state index in [-0.39, 0.29) is 11.9 Å². The molecule has 2 rings (SSSR count). The van der Waals surface area contributed by atoms with Crippen molar-refractivity contribution in [3.8, 4) is 0 Å². The van der Waals surface area contributed by atoms with Crippen molar-refractivity contribution in [1.82, 2.24) is 20.5 Å². The van der Waals surface area contributed by atoms with Crippen molar-refractivity contribution in [2.45, 2.75) is 19.4 Å². The summed E-state index contributed by atoms with van der Waals surface area (Å²) in [6.45, 7) is 2.42. The minimum atomic E-state index is -0.215. The van der Waals surface area contributed by atoms with Crippen LogP contribution in [0.1, 0.15) is 34.7 Å². The number of nitrogens with two attached hydrogens (primary N) is 1. The van der Waals surface area contributed by atoms with Crippen LogP contribution in [0.3, 0.4) is 0 Å². The second kappa shape index (κ2) is 6.10. The van der Waals surface area contributed by atoms with Gasteiger partial charge in [-0.25, -0.2) is 4.98 Å². The molecule has 100 valence electrons. The molecule has 1 amide bonds. The zero-order chi connectivity index (χ0) is 13.7. The molecule has 0 aliphatic rings. The largest absolute Gasteiger partial charge is 0.342 e. The van der Waals surface area contributed by atoms with E-state index < -0.39 is 0 Å². The molecule has 0 fully saturated rings. The maximum absolute atomic E-state index is 12.1. The molecule has 0 spiro atoms. The summed E-state index contributed by atoms with van der Waals surface area (Å²) >= 11 is 0. The van der Waals surface area contributed by atoms with Gasteiger partial charge in [0.05, 0.1) is 6.04 Å². The molecule has 2 aromatic rings. The average Bonchev–Trinajstić information content (AvgIpc) is 2.93. The van der Waals surface area contributed by atoms with Gasteiger partial charge >= 0.3 is 0 Å². The predicted octanol–water partition coefficient (Wildman–Crippen LogP) is 0.797. The molecule has 19 heavy (non-hydrogen) atoms. The Morgan fingerprint density at radius 1 is 1.53 bits per heavy atom. The highest BCUT2D eigenvalue weighted by molar-refractivity contribution is 5.94. The lowest BCUT2D eigenvalue weighted by Crippen LogP contribution is -2.27. The van der Waals surface area contributed by atoms with Crippen LogP contribution < -0.4 is 11.1 Å². The lowest BCUT2D eigenvalue weighted by Gasteiger charge is -2.11. The molecular weight excluding hydrogens is 242 g/mol. The van der Waals surface area contributed by atoms with E-state index in [2.05, 4.69) is 20.5 Å². The number of hydrogen-bond acceptors (Lipinski definition) is 4. The summed E-state index contributed by atoms with van der Waals surface area (Å²) in [4.78, 5) is 16.1. The van der Waals surface area contributed by atoms with E-state index in [0.29, 0.717) is 17.9 Å². The molecule has 0 saturated heterocycles. The van der Waals surface area contributed by atoms with Gasteiger partial charge in [-0.05, 0) is 37.6 Å². The maximum atomic E-state index is 12.1. The molecule has 6 nitrogen and oxygen atoms in total. The van der Waals surface area contributed by atoms with Crippen LogP contribution in [0.5, 0.6) is 0 Å². The zero-order valence-electron chi connectivity index (χ0n) is 10.8. The van der Waals surface area contributed by atoms with E-state index in [1.165, 1.54) is 6.33 Å². The molecule has 4 N–H and O–H groups in total. The third kappa shape index (κ3) is 3.38. The lowest BCUT2D eigenvalue weighted by molar-refractivity contribution is 0.0938. The van der Waals surface area contributed by atoms with E-state index in [0.717, 1.165) is 12.0 Å². The fourth-order valence-electron chi connectivity index (χ4n) is 1.81. The van der Waals surface area contributed by atoms with Crippen LogP contribution >= 0.6 is 0 Å². The van der Waals surface area contributed by atoms with Gasteiger partial charge in [0, 0.05) is 5.56 Å². The molecule has 0 saturated carbocycles. The van der Waals surface area contributed by atoms with Gasteiger partial charge in [-0.3, -0.25) is 9.89 Å². The van der Waals surface area contributed by atoms with E-state index >= 15 is 0 Å². The van der Waals surface area contributed by atoms with Crippen LogP contribution in [0.2, 0.25) is 0 Å². The third-order valence-electron chi connectivity index (χ3n) is 2.81. The van der Waals surface area contributed by atoms with Crippen LogP contribution in [0.4, 0.5) is 0 Å². The first kappa shape index (κ1) is 13.2. The van der Waals surface area contributed by atoms with Crippen LogP contribution in [0.25, 0.3) is 0 Å². The first-order chi connectivity index (χ1) is 9.20. The molecule has 0 radical (unpaired) electrons. The highest BCUT2D eigenvalue weighted by Crippen LogP contribution is 2.09. The summed E-state index contributed by atoms with van der Waals surface area (Å²) in [5.74, 6) is 0.495. The number of aromatic amines is 1. The van der Waals surface area contributed by atoms with Gasteiger partial charge in [0.25, 0.3) is 5.91 Å². The van der Waals surface area contributed by atoms with Crippen molar-refractivity contribution >= 4 is 5.91 Å². The zero-order valence-corrected chi connectivity index (χ0v) is 10.8. The second-order valence-electron chi connectivity index (χ2n) is 4.30. The quantitative estimate of drug-likeness (QED) is 0.739. The number of amides is 1. The van der Waals surface area contributed by atoms with Gasteiger partial charge in [0.1, 0.15) is 12.2 Å². The predicted molar refractivity (Wildman–Crippen MR) is 71.5 cm³/mol. The average molecular weight is 259 g/mol. The summed E-state index contributed by atoms with van der Waals surface area (Å²) < 4.78 is 0. The van der Waals surface area contributed by atoms with Crippen molar-refractivity contribution in [3.05, 3.63) is 47.5 Å². The molecule has 1 atom stereocenters. The highest BCUT2D eigenvalue weighted by Gasteiger charge is 2.13. The van der Waals surface area contributed by atoms with Crippen LogP contribution in [-0.4, -0.2) is 27.6 Å². The van der Waals surface area contributed by atoms with E-state index in [4.69, 9.17) is 5.73 Å². The number of benzene rings is 1. The Hall–Kier alpha value is -2.21. The van der Waals surface area contributed by atoms with Crippen molar-refractivity contribution in [1.29, 1.82) is 0 Å². The van der Waals surface area contributed by atoms with Crippen molar-refractivity contribution < 1.29 is 4.79 Å². The molecule has 0 aliphatic carbocycles. The molecule has 1 aromatic heterocycles. The van der Waals surface area contributed by atoms with Gasteiger partial charge in [-0.2, -0.15) is 5.10 Å². The van der Waals surface area contributed by atoms with Gasteiger partial charge in [0.15, 0.2) is 0 Å². The molecule has 1 unspecified atom stereocenters. The number of rotatable bonds is 5. The maximum Gasteiger partial charge on any atom is 0.251 e. The number of aromatic nitrogens is 3. The Morgan fingerprint density at radius 2 is 2.37 bits per heavy atom. The van der Waals surface area contributed by atoms with Gasteiger partial charge in [0.2, 0.25) is 0 Å². The molecule has 1 heterocycles. The Morgan fingerprint density at radius 3 is 3.05 bits per heavy atom. The summed E-state index contributed by atoms with van der Waals surface area (Å²) in [7, 11) is 0. The number of carbonyl (C=O) groups excluding carboxylic acids is 1. The van der Waals surface area contributed by atoms with Gasteiger partial charge in [-0.1, -0.05) is 12.1 Å². The number of nitrogens with zero attached hydrogens (tertiary/aromatic N) is 2. The first-order valence-corrected chi connectivity index (χ1v) is 6.16. The smallest absolute Gasteiger partial charge is 0.251 e. The summed E-state index contributed by atoms with van der Waals surface area (Å²) in [6, 6.07) is 7.24. The molecule has 0 aliphatic heterocycles. The number of nitrogens with one attached hydrogen (secondary N) is 2. The lowest BCUT2D eigenvalue weighted by atomic mass is 10.1. The Balaban J connectivity index is 2.05. The number of carbonyl (C=O) groups is 1. The fourth-order valence-corrected chi connectivity index (χ4v) is 1.81.